The first-order valence-corrected chi connectivity index (χ1v) is 8.10. The minimum Gasteiger partial charge on any atom is -0.356 e. The predicted molar refractivity (Wildman–Crippen MR) is 105 cm³/mol. The van der Waals surface area contributed by atoms with Gasteiger partial charge in [0.2, 0.25) is 0 Å². The normalized spacial score (nSPS) is 12.6. The summed E-state index contributed by atoms with van der Waals surface area (Å²) in [5, 5.41) is 11.0. The van der Waals surface area contributed by atoms with Crippen LogP contribution in [0.25, 0.3) is 0 Å². The summed E-state index contributed by atoms with van der Waals surface area (Å²) in [6, 6.07) is 0.473. The van der Waals surface area contributed by atoms with Crippen molar-refractivity contribution in [3.8, 4) is 0 Å². The fourth-order valence-corrected chi connectivity index (χ4v) is 2.30. The van der Waals surface area contributed by atoms with Gasteiger partial charge in [-0.15, -0.1) is 24.0 Å². The number of halogens is 1. The Hall–Kier alpha value is -0.790. The van der Waals surface area contributed by atoms with Crippen molar-refractivity contribution in [1.29, 1.82) is 0 Å². The van der Waals surface area contributed by atoms with E-state index in [9.17, 15) is 0 Å². The van der Waals surface area contributed by atoms with Crippen LogP contribution in [0.5, 0.6) is 0 Å². The Bertz CT molecular complexity index is 416. The molecule has 0 aromatic carbocycles. The molecule has 0 aliphatic rings. The van der Waals surface area contributed by atoms with E-state index in [1.165, 1.54) is 31.2 Å². The van der Waals surface area contributed by atoms with Gasteiger partial charge >= 0.3 is 0 Å². The summed E-state index contributed by atoms with van der Waals surface area (Å²) in [5.74, 6) is 0.908. The van der Waals surface area contributed by atoms with Crippen molar-refractivity contribution in [3.05, 3.63) is 18.0 Å². The first-order valence-electron chi connectivity index (χ1n) is 8.10. The van der Waals surface area contributed by atoms with Gasteiger partial charge in [-0.05, 0) is 31.7 Å². The molecule has 0 radical (unpaired) electrons. The summed E-state index contributed by atoms with van der Waals surface area (Å²) >= 11 is 0. The van der Waals surface area contributed by atoms with Crippen LogP contribution in [0.2, 0.25) is 0 Å². The van der Waals surface area contributed by atoms with Gasteiger partial charge in [0.1, 0.15) is 0 Å². The van der Waals surface area contributed by atoms with E-state index in [0.29, 0.717) is 6.04 Å². The Labute approximate surface area is 152 Å². The van der Waals surface area contributed by atoms with E-state index in [4.69, 9.17) is 0 Å². The van der Waals surface area contributed by atoms with Crippen LogP contribution in [0.4, 0.5) is 0 Å². The van der Waals surface area contributed by atoms with E-state index in [0.717, 1.165) is 25.3 Å². The number of nitrogens with zero attached hydrogens (tertiary/aromatic N) is 3. The summed E-state index contributed by atoms with van der Waals surface area (Å²) in [4.78, 5) is 4.28. The molecule has 128 valence electrons. The highest BCUT2D eigenvalue weighted by molar-refractivity contribution is 14.0. The molecular weight excluding hydrogens is 389 g/mol. The first-order chi connectivity index (χ1) is 10.2. The van der Waals surface area contributed by atoms with Crippen molar-refractivity contribution in [1.82, 2.24) is 20.4 Å². The summed E-state index contributed by atoms with van der Waals surface area (Å²) in [7, 11) is 3.78. The Morgan fingerprint density at radius 2 is 2.14 bits per heavy atom. The molecule has 0 spiro atoms. The fraction of sp³-hybridized carbons (Fsp3) is 0.750. The van der Waals surface area contributed by atoms with E-state index in [1.807, 2.05) is 25.0 Å². The zero-order chi connectivity index (χ0) is 15.5. The molecule has 1 aromatic heterocycles. The molecule has 5 nitrogen and oxygen atoms in total. The Morgan fingerprint density at radius 1 is 1.36 bits per heavy atom. The predicted octanol–water partition coefficient (Wildman–Crippen LogP) is 3.10. The number of nitrogens with one attached hydrogen (secondary N) is 2. The topological polar surface area (TPSA) is 54.2 Å². The SMILES string of the molecule is CCCCCC(C)NC(=NC)NCCCc1cnn(C)c1.I. The molecule has 22 heavy (non-hydrogen) atoms. The summed E-state index contributed by atoms with van der Waals surface area (Å²) in [5.41, 5.74) is 1.29. The maximum absolute atomic E-state index is 4.28. The minimum absolute atomic E-state index is 0. The van der Waals surface area contributed by atoms with Gasteiger partial charge in [0.25, 0.3) is 0 Å². The second kappa shape index (κ2) is 12.7. The monoisotopic (exact) mass is 421 g/mol. The molecule has 0 bridgehead atoms. The Morgan fingerprint density at radius 3 is 2.73 bits per heavy atom. The quantitative estimate of drug-likeness (QED) is 0.279. The van der Waals surface area contributed by atoms with E-state index < -0.39 is 0 Å². The maximum Gasteiger partial charge on any atom is 0.191 e. The number of hydrogen-bond donors (Lipinski definition) is 2. The highest BCUT2D eigenvalue weighted by Crippen LogP contribution is 2.03. The average molecular weight is 421 g/mol. The van der Waals surface area contributed by atoms with E-state index in [2.05, 4.69) is 40.8 Å². The lowest BCUT2D eigenvalue weighted by Crippen LogP contribution is -2.42. The van der Waals surface area contributed by atoms with Crippen molar-refractivity contribution in [2.75, 3.05) is 13.6 Å². The highest BCUT2D eigenvalue weighted by atomic mass is 127. The second-order valence-electron chi connectivity index (χ2n) is 5.67. The standard InChI is InChI=1S/C16H31N5.HI/c1-5-6-7-9-14(2)20-16(17-3)18-11-8-10-15-12-19-21(4)13-15;/h12-14H,5-11H2,1-4H3,(H2,17,18,20);1H. The molecular formula is C16H32IN5. The molecule has 1 heterocycles. The number of unbranched alkanes of at least 4 members (excludes halogenated alkanes) is 2. The van der Waals surface area contributed by atoms with Gasteiger partial charge in [0, 0.05) is 32.9 Å². The van der Waals surface area contributed by atoms with Gasteiger partial charge in [-0.1, -0.05) is 26.2 Å². The molecule has 0 saturated carbocycles. The number of aromatic nitrogens is 2. The van der Waals surface area contributed by atoms with E-state index in [-0.39, 0.29) is 24.0 Å². The number of hydrogen-bond acceptors (Lipinski definition) is 2. The molecule has 0 aliphatic carbocycles. The van der Waals surface area contributed by atoms with E-state index in [1.54, 1.807) is 0 Å². The molecule has 6 heteroatoms. The van der Waals surface area contributed by atoms with Crippen LogP contribution in [0.15, 0.2) is 17.4 Å². The summed E-state index contributed by atoms with van der Waals surface area (Å²) < 4.78 is 1.85. The average Bonchev–Trinajstić information content (AvgIpc) is 2.88. The van der Waals surface area contributed by atoms with Crippen molar-refractivity contribution in [3.63, 3.8) is 0 Å². The molecule has 1 aromatic rings. The third-order valence-electron chi connectivity index (χ3n) is 3.54. The molecule has 1 atom stereocenters. The van der Waals surface area contributed by atoms with Gasteiger partial charge in [-0.3, -0.25) is 9.67 Å². The van der Waals surface area contributed by atoms with Gasteiger partial charge < -0.3 is 10.6 Å². The molecule has 1 unspecified atom stereocenters. The zero-order valence-corrected chi connectivity index (χ0v) is 16.8. The van der Waals surface area contributed by atoms with Crippen molar-refractivity contribution in [2.24, 2.45) is 12.0 Å². The largest absolute Gasteiger partial charge is 0.356 e. The van der Waals surface area contributed by atoms with Crippen LogP contribution >= 0.6 is 24.0 Å². The highest BCUT2D eigenvalue weighted by Gasteiger charge is 2.04. The smallest absolute Gasteiger partial charge is 0.191 e. The maximum atomic E-state index is 4.28. The summed E-state index contributed by atoms with van der Waals surface area (Å²) in [6.45, 7) is 5.38. The zero-order valence-electron chi connectivity index (χ0n) is 14.4. The molecule has 2 N–H and O–H groups in total. The number of rotatable bonds is 9. The van der Waals surface area contributed by atoms with E-state index >= 15 is 0 Å². The van der Waals surface area contributed by atoms with Gasteiger partial charge in [-0.25, -0.2) is 0 Å². The Balaban J connectivity index is 0.00000441. The summed E-state index contributed by atoms with van der Waals surface area (Å²) in [6.07, 6.45) is 11.2. The number of aryl methyl sites for hydroxylation is 2. The van der Waals surface area contributed by atoms with Crippen LogP contribution in [0.1, 0.15) is 51.5 Å². The molecule has 0 amide bonds. The lowest BCUT2D eigenvalue weighted by Gasteiger charge is -2.17. The molecule has 0 fully saturated rings. The third kappa shape index (κ3) is 9.27. The third-order valence-corrected chi connectivity index (χ3v) is 3.54. The van der Waals surface area contributed by atoms with Crippen molar-refractivity contribution < 1.29 is 0 Å². The fourth-order valence-electron chi connectivity index (χ4n) is 2.30. The first kappa shape index (κ1) is 21.2. The van der Waals surface area contributed by atoms with Crippen LogP contribution in [0, 0.1) is 0 Å². The van der Waals surface area contributed by atoms with Crippen molar-refractivity contribution >= 4 is 29.9 Å². The van der Waals surface area contributed by atoms with Gasteiger partial charge in [-0.2, -0.15) is 5.10 Å². The van der Waals surface area contributed by atoms with Crippen LogP contribution in [-0.2, 0) is 13.5 Å². The molecule has 1 rings (SSSR count). The second-order valence-corrected chi connectivity index (χ2v) is 5.67. The van der Waals surface area contributed by atoms with Crippen LogP contribution in [0.3, 0.4) is 0 Å². The van der Waals surface area contributed by atoms with Gasteiger partial charge in [0.05, 0.1) is 6.20 Å². The lowest BCUT2D eigenvalue weighted by molar-refractivity contribution is 0.546. The Kier molecular flexibility index (Phi) is 12.3. The number of aliphatic imine (C=N–C) groups is 1. The van der Waals surface area contributed by atoms with Gasteiger partial charge in [0.15, 0.2) is 5.96 Å². The number of guanidine groups is 1. The lowest BCUT2D eigenvalue weighted by atomic mass is 10.1. The molecule has 0 saturated heterocycles. The molecule has 0 aliphatic heterocycles. The van der Waals surface area contributed by atoms with Crippen molar-refractivity contribution in [2.45, 2.75) is 58.4 Å². The van der Waals surface area contributed by atoms with Crippen LogP contribution < -0.4 is 10.6 Å². The minimum atomic E-state index is 0. The van der Waals surface area contributed by atoms with Crippen LogP contribution in [-0.4, -0.2) is 35.4 Å².